The summed E-state index contributed by atoms with van der Waals surface area (Å²) in [4.78, 5) is 35.6. The number of nitrogens with zero attached hydrogens (tertiary/aromatic N) is 1. The van der Waals surface area contributed by atoms with Gasteiger partial charge in [0.15, 0.2) is 5.41 Å². The van der Waals surface area contributed by atoms with E-state index in [0.717, 1.165) is 4.47 Å². The van der Waals surface area contributed by atoms with Crippen LogP contribution in [0.5, 0.6) is 0 Å². The van der Waals surface area contributed by atoms with Crippen LogP contribution in [0.15, 0.2) is 28.7 Å². The normalized spacial score (nSPS) is 12.3. The Morgan fingerprint density at radius 3 is 2.00 bits per heavy atom. The second-order valence-electron chi connectivity index (χ2n) is 5.26. The summed E-state index contributed by atoms with van der Waals surface area (Å²) in [6, 6.07) is 6.65. The highest BCUT2D eigenvalue weighted by atomic mass is 79.9. The van der Waals surface area contributed by atoms with Gasteiger partial charge in [-0.25, -0.2) is 0 Å². The molecule has 8 heteroatoms. The third kappa shape index (κ3) is 4.53. The molecule has 0 amide bonds. The fourth-order valence-electron chi connectivity index (χ4n) is 2.40. The summed E-state index contributed by atoms with van der Waals surface area (Å²) in [7, 11) is 0. The fraction of sp³-hybridized carbons (Fsp3) is 0.500. The van der Waals surface area contributed by atoms with Crippen molar-refractivity contribution in [3.63, 3.8) is 0 Å². The molecule has 0 fully saturated rings. The Morgan fingerprint density at radius 1 is 1.17 bits per heavy atom. The molecule has 0 spiro atoms. The molecule has 0 bridgehead atoms. The van der Waals surface area contributed by atoms with E-state index in [-0.39, 0.29) is 13.2 Å². The number of carbonyl (C=O) groups is 2. The van der Waals surface area contributed by atoms with Crippen LogP contribution < -0.4 is 0 Å². The first-order chi connectivity index (χ1) is 11.3. The number of carbonyl (C=O) groups excluding carboxylic acids is 2. The molecule has 0 saturated heterocycles. The maximum atomic E-state index is 12.5. The fourth-order valence-corrected chi connectivity index (χ4v) is 2.66. The van der Waals surface area contributed by atoms with Gasteiger partial charge in [0.25, 0.3) is 0 Å². The van der Waals surface area contributed by atoms with E-state index in [1.165, 1.54) is 6.92 Å². The van der Waals surface area contributed by atoms with Crippen LogP contribution in [0, 0.1) is 15.5 Å². The average Bonchev–Trinajstić information content (AvgIpc) is 2.53. The Balaban J connectivity index is 3.43. The van der Waals surface area contributed by atoms with Crippen molar-refractivity contribution in [1.29, 1.82) is 0 Å². The van der Waals surface area contributed by atoms with E-state index in [2.05, 4.69) is 15.9 Å². The molecule has 0 N–H and O–H groups in total. The van der Waals surface area contributed by atoms with Crippen molar-refractivity contribution in [2.75, 3.05) is 19.8 Å². The molecule has 7 nitrogen and oxygen atoms in total. The Labute approximate surface area is 148 Å². The molecule has 0 unspecified atom stereocenters. The molecule has 0 radical (unpaired) electrons. The number of esters is 2. The Kier molecular flexibility index (Phi) is 7.34. The van der Waals surface area contributed by atoms with Crippen molar-refractivity contribution in [2.24, 2.45) is 5.41 Å². The second kappa shape index (κ2) is 8.77. The number of hydrogen-bond acceptors (Lipinski definition) is 6. The van der Waals surface area contributed by atoms with Crippen LogP contribution in [0.2, 0.25) is 0 Å². The minimum atomic E-state index is -1.81. The largest absolute Gasteiger partial charge is 0.465 e. The SMILES string of the molecule is CCOC(=O)C(C)(C(=O)OCC)[C@@H](C[N+](=O)[O-])c1ccc(Br)cc1. The van der Waals surface area contributed by atoms with Crippen molar-refractivity contribution in [1.82, 2.24) is 0 Å². The van der Waals surface area contributed by atoms with E-state index < -0.39 is 34.7 Å². The van der Waals surface area contributed by atoms with Crippen molar-refractivity contribution in [2.45, 2.75) is 26.7 Å². The first kappa shape index (κ1) is 20.1. The number of benzene rings is 1. The Hall–Kier alpha value is -1.96. The van der Waals surface area contributed by atoms with Gasteiger partial charge in [0.05, 0.1) is 19.1 Å². The van der Waals surface area contributed by atoms with Crippen LogP contribution >= 0.6 is 15.9 Å². The van der Waals surface area contributed by atoms with Crippen LogP contribution in [0.1, 0.15) is 32.3 Å². The summed E-state index contributed by atoms with van der Waals surface area (Å²) in [6.45, 7) is 4.05. The quantitative estimate of drug-likeness (QED) is 0.287. The number of hydrogen-bond donors (Lipinski definition) is 0. The monoisotopic (exact) mass is 401 g/mol. The van der Waals surface area contributed by atoms with Gasteiger partial charge < -0.3 is 9.47 Å². The third-order valence-electron chi connectivity index (χ3n) is 3.70. The maximum Gasteiger partial charge on any atom is 0.324 e. The second-order valence-corrected chi connectivity index (χ2v) is 6.18. The third-order valence-corrected chi connectivity index (χ3v) is 4.23. The van der Waals surface area contributed by atoms with E-state index in [1.54, 1.807) is 38.1 Å². The minimum Gasteiger partial charge on any atom is -0.465 e. The van der Waals surface area contributed by atoms with Crippen LogP contribution in [0.4, 0.5) is 0 Å². The lowest BCUT2D eigenvalue weighted by molar-refractivity contribution is -0.485. The van der Waals surface area contributed by atoms with Crippen molar-refractivity contribution >= 4 is 27.9 Å². The zero-order chi connectivity index (χ0) is 18.3. The van der Waals surface area contributed by atoms with Gasteiger partial charge in [-0.2, -0.15) is 0 Å². The molecule has 1 rings (SSSR count). The van der Waals surface area contributed by atoms with Gasteiger partial charge >= 0.3 is 11.9 Å². The first-order valence-corrected chi connectivity index (χ1v) is 8.28. The highest BCUT2D eigenvalue weighted by Gasteiger charge is 2.53. The minimum absolute atomic E-state index is 0.0549. The van der Waals surface area contributed by atoms with E-state index in [1.807, 2.05) is 0 Å². The molecular weight excluding hydrogens is 382 g/mol. The first-order valence-electron chi connectivity index (χ1n) is 7.49. The van der Waals surface area contributed by atoms with Gasteiger partial charge in [0.2, 0.25) is 6.54 Å². The van der Waals surface area contributed by atoms with Gasteiger partial charge in [-0.05, 0) is 38.5 Å². The van der Waals surface area contributed by atoms with Crippen molar-refractivity contribution < 1.29 is 24.0 Å². The van der Waals surface area contributed by atoms with Crippen molar-refractivity contribution in [3.05, 3.63) is 44.4 Å². The highest BCUT2D eigenvalue weighted by molar-refractivity contribution is 9.10. The highest BCUT2D eigenvalue weighted by Crippen LogP contribution is 2.39. The molecule has 0 aromatic heterocycles. The molecule has 0 saturated carbocycles. The zero-order valence-corrected chi connectivity index (χ0v) is 15.4. The number of halogens is 1. The van der Waals surface area contributed by atoms with Gasteiger partial charge in [-0.15, -0.1) is 0 Å². The predicted octanol–water partition coefficient (Wildman–Crippen LogP) is 2.94. The topological polar surface area (TPSA) is 95.7 Å². The summed E-state index contributed by atoms with van der Waals surface area (Å²) in [6.07, 6.45) is 0. The van der Waals surface area contributed by atoms with E-state index in [0.29, 0.717) is 5.56 Å². The number of nitro groups is 1. The molecule has 0 aliphatic carbocycles. The lowest BCUT2D eigenvalue weighted by Crippen LogP contribution is -2.46. The van der Waals surface area contributed by atoms with Crippen LogP contribution in [-0.2, 0) is 19.1 Å². The number of rotatable bonds is 8. The van der Waals surface area contributed by atoms with E-state index in [9.17, 15) is 19.7 Å². The maximum absolute atomic E-state index is 12.5. The van der Waals surface area contributed by atoms with Gasteiger partial charge in [-0.3, -0.25) is 19.7 Å². The van der Waals surface area contributed by atoms with Crippen LogP contribution in [0.25, 0.3) is 0 Å². The molecule has 132 valence electrons. The molecule has 0 aliphatic rings. The average molecular weight is 402 g/mol. The lowest BCUT2D eigenvalue weighted by atomic mass is 9.73. The Morgan fingerprint density at radius 2 is 1.62 bits per heavy atom. The van der Waals surface area contributed by atoms with Crippen LogP contribution in [0.3, 0.4) is 0 Å². The number of ether oxygens (including phenoxy) is 2. The molecule has 1 aromatic rings. The summed E-state index contributed by atoms with van der Waals surface area (Å²) in [5, 5.41) is 11.1. The van der Waals surface area contributed by atoms with E-state index >= 15 is 0 Å². The predicted molar refractivity (Wildman–Crippen MR) is 90.1 cm³/mol. The van der Waals surface area contributed by atoms with E-state index in [4.69, 9.17) is 9.47 Å². The smallest absolute Gasteiger partial charge is 0.324 e. The molecule has 24 heavy (non-hydrogen) atoms. The van der Waals surface area contributed by atoms with Gasteiger partial charge in [0.1, 0.15) is 0 Å². The van der Waals surface area contributed by atoms with Gasteiger partial charge in [0, 0.05) is 9.40 Å². The molecule has 1 aromatic carbocycles. The zero-order valence-electron chi connectivity index (χ0n) is 13.8. The summed E-state index contributed by atoms with van der Waals surface area (Å²) < 4.78 is 10.8. The molecule has 0 aliphatic heterocycles. The van der Waals surface area contributed by atoms with Crippen LogP contribution in [-0.4, -0.2) is 36.6 Å². The molecule has 1 atom stereocenters. The summed E-state index contributed by atoms with van der Waals surface area (Å²) in [5.74, 6) is -2.69. The Bertz CT molecular complexity index is 583. The summed E-state index contributed by atoms with van der Waals surface area (Å²) >= 11 is 3.29. The molecular formula is C16H20BrNO6. The summed E-state index contributed by atoms with van der Waals surface area (Å²) in [5.41, 5.74) is -1.33. The van der Waals surface area contributed by atoms with Gasteiger partial charge in [-0.1, -0.05) is 28.1 Å². The molecule has 0 heterocycles. The van der Waals surface area contributed by atoms with Crippen molar-refractivity contribution in [3.8, 4) is 0 Å². The standard InChI is InChI=1S/C16H20BrNO6/c1-4-23-14(19)16(3,15(20)24-5-2)13(10-18(21)22)11-6-8-12(17)9-7-11/h6-9,13H,4-5,10H2,1-3H3/t13-/m0/s1. The lowest BCUT2D eigenvalue weighted by Gasteiger charge is -2.31.